The molecule has 7 N–H and O–H groups in total. The molecule has 10 atom stereocenters. The summed E-state index contributed by atoms with van der Waals surface area (Å²) in [7, 11) is 0. The van der Waals surface area contributed by atoms with Crippen molar-refractivity contribution in [3.05, 3.63) is 5.73 Å². The molecule has 0 amide bonds. The van der Waals surface area contributed by atoms with E-state index in [9.17, 15) is 30.6 Å². The monoisotopic (exact) mass is 623 g/mol. The number of rotatable bonds is 5. The molecule has 2 saturated heterocycles. The predicted molar refractivity (Wildman–Crippen MR) is 89.3 cm³/mol. The maximum atomic E-state index is 10.4. The van der Waals surface area contributed by atoms with E-state index in [2.05, 4.69) is 0 Å². The van der Waals surface area contributed by atoms with Gasteiger partial charge in [-0.05, 0) is 20.8 Å². The van der Waals surface area contributed by atoms with Crippen LogP contribution < -0.4 is 0 Å². The molecule has 0 aromatic rings. The van der Waals surface area contributed by atoms with Gasteiger partial charge in [0.25, 0.3) is 0 Å². The van der Waals surface area contributed by atoms with Gasteiger partial charge in [0.2, 0.25) is 0 Å². The van der Waals surface area contributed by atoms with Gasteiger partial charge >= 0.3 is 0 Å². The van der Waals surface area contributed by atoms with Crippen molar-refractivity contribution >= 4 is 0 Å². The maximum absolute atomic E-state index is 10.4. The standard InChI is InChI=1S/C16H30NO10.Ac/c1-16(2,3)27-14-8(17)13(10(21)7(5-19)24-14)26-15-12(23)11(22)9(20)6(4-18)25-15;/h6-15,17-23H,4-5H2,1-3H3;/q-1;/t6?,7?,8?,9?,10?,11-,12?,13+,14-,15-;/m0./s1. The van der Waals surface area contributed by atoms with Crippen molar-refractivity contribution < 1.29 is 93.6 Å². The smallest absolute Gasteiger partial charge is 0.187 e. The van der Waals surface area contributed by atoms with Crippen molar-refractivity contribution in [2.75, 3.05) is 13.2 Å². The fraction of sp³-hybridized carbons (Fsp3) is 1.00. The summed E-state index contributed by atoms with van der Waals surface area (Å²) >= 11 is 0. The SMILES string of the molecule is CC(C)(C)O[C@@H]1OC(CO)C(O)[C@H](O[C@@H]2OC(CO)C(O)[C@H](O)C2O)C1[NH-].[Ac]. The second-order valence-electron chi connectivity index (χ2n) is 7.77. The van der Waals surface area contributed by atoms with Crippen LogP contribution in [0.25, 0.3) is 5.73 Å². The van der Waals surface area contributed by atoms with Gasteiger partial charge in [-0.15, -0.1) is 0 Å². The Morgan fingerprint density at radius 3 is 1.82 bits per heavy atom. The van der Waals surface area contributed by atoms with E-state index >= 15 is 0 Å². The molecule has 1 radical (unpaired) electrons. The molecule has 2 rings (SSSR count). The summed E-state index contributed by atoms with van der Waals surface area (Å²) in [4.78, 5) is 0. The van der Waals surface area contributed by atoms with E-state index in [1.54, 1.807) is 20.8 Å². The predicted octanol–water partition coefficient (Wildman–Crippen LogP) is -2.51. The Labute approximate surface area is 199 Å². The van der Waals surface area contributed by atoms with Crippen molar-refractivity contribution in [2.24, 2.45) is 0 Å². The van der Waals surface area contributed by atoms with Gasteiger partial charge in [-0.1, -0.05) is 6.04 Å². The third kappa shape index (κ3) is 6.26. The molecular weight excluding hydrogens is 593 g/mol. The molecule has 0 aromatic carbocycles. The Morgan fingerprint density at radius 2 is 1.32 bits per heavy atom. The van der Waals surface area contributed by atoms with Crippen molar-refractivity contribution in [3.8, 4) is 0 Å². The van der Waals surface area contributed by atoms with Crippen LogP contribution in [0.5, 0.6) is 0 Å². The number of ether oxygens (including phenoxy) is 4. The van der Waals surface area contributed by atoms with Crippen LogP contribution in [0.1, 0.15) is 20.8 Å². The third-order valence-electron chi connectivity index (χ3n) is 4.46. The maximum Gasteiger partial charge on any atom is 0.187 e. The normalized spacial score (nSPS) is 44.8. The fourth-order valence-electron chi connectivity index (χ4n) is 3.02. The summed E-state index contributed by atoms with van der Waals surface area (Å²) < 4.78 is 21.9. The van der Waals surface area contributed by atoms with Crippen LogP contribution in [0, 0.1) is 44.1 Å². The van der Waals surface area contributed by atoms with Crippen LogP contribution in [0.2, 0.25) is 0 Å². The second-order valence-corrected chi connectivity index (χ2v) is 7.77. The summed E-state index contributed by atoms with van der Waals surface area (Å²) in [6, 6.07) is -1.27. The van der Waals surface area contributed by atoms with Gasteiger partial charge < -0.3 is 55.3 Å². The third-order valence-corrected chi connectivity index (χ3v) is 4.46. The van der Waals surface area contributed by atoms with Crippen molar-refractivity contribution in [3.63, 3.8) is 0 Å². The van der Waals surface area contributed by atoms with Crippen molar-refractivity contribution in [2.45, 2.75) is 87.7 Å². The van der Waals surface area contributed by atoms with E-state index < -0.39 is 80.2 Å². The molecule has 0 spiro atoms. The number of aliphatic hydroxyl groups is 6. The number of hydrogen-bond acceptors (Lipinski definition) is 10. The van der Waals surface area contributed by atoms with Gasteiger partial charge in [-0.3, -0.25) is 0 Å². The molecule has 28 heavy (non-hydrogen) atoms. The minimum atomic E-state index is -1.68. The average molecular weight is 623 g/mol. The zero-order valence-corrected chi connectivity index (χ0v) is 20.8. The van der Waals surface area contributed by atoms with Crippen LogP contribution >= 0.6 is 0 Å². The first-order valence-electron chi connectivity index (χ1n) is 8.79. The molecule has 0 aromatic heterocycles. The van der Waals surface area contributed by atoms with Crippen LogP contribution in [0.4, 0.5) is 0 Å². The van der Waals surface area contributed by atoms with Gasteiger partial charge in [-0.2, -0.15) is 0 Å². The van der Waals surface area contributed by atoms with Gasteiger partial charge in [0, 0.05) is 44.1 Å². The van der Waals surface area contributed by atoms with Crippen molar-refractivity contribution in [1.82, 2.24) is 0 Å². The first-order chi connectivity index (χ1) is 12.5. The summed E-state index contributed by atoms with van der Waals surface area (Å²) in [5.74, 6) is 0. The minimum absolute atomic E-state index is 0. The summed E-state index contributed by atoms with van der Waals surface area (Å²) in [6.45, 7) is 4.04. The number of hydrogen-bond donors (Lipinski definition) is 6. The van der Waals surface area contributed by atoms with E-state index in [1.165, 1.54) is 0 Å². The average Bonchev–Trinajstić information content (AvgIpc) is 2.59. The molecule has 0 saturated carbocycles. The Balaban J connectivity index is 0.00000392. The van der Waals surface area contributed by atoms with Gasteiger partial charge in [0.1, 0.15) is 42.9 Å². The zero-order chi connectivity index (χ0) is 20.5. The number of nitrogens with one attached hydrogen (secondary N) is 1. The molecule has 2 aliphatic rings. The fourth-order valence-corrected chi connectivity index (χ4v) is 3.02. The summed E-state index contributed by atoms with van der Waals surface area (Å²) in [6.07, 6.45) is -12.6. The van der Waals surface area contributed by atoms with E-state index in [0.717, 1.165) is 0 Å². The topological polar surface area (TPSA) is 182 Å². The molecule has 0 aliphatic carbocycles. The zero-order valence-electron chi connectivity index (χ0n) is 16.1. The Hall–Kier alpha value is 1.00. The minimum Gasteiger partial charge on any atom is -0.668 e. The molecule has 12 heteroatoms. The Kier molecular flexibility index (Phi) is 10.7. The molecule has 2 fully saturated rings. The van der Waals surface area contributed by atoms with E-state index in [4.69, 9.17) is 24.7 Å². The first-order valence-corrected chi connectivity index (χ1v) is 8.79. The van der Waals surface area contributed by atoms with E-state index in [-0.39, 0.29) is 44.1 Å². The van der Waals surface area contributed by atoms with Crippen LogP contribution in [0.3, 0.4) is 0 Å². The van der Waals surface area contributed by atoms with Crippen LogP contribution in [0.15, 0.2) is 0 Å². The number of aliphatic hydroxyl groups excluding tert-OH is 6. The molecule has 163 valence electrons. The van der Waals surface area contributed by atoms with Gasteiger partial charge in [0.05, 0.1) is 24.9 Å². The summed E-state index contributed by atoms with van der Waals surface area (Å²) in [5, 5.41) is 58.9. The van der Waals surface area contributed by atoms with Gasteiger partial charge in [0.15, 0.2) is 6.29 Å². The van der Waals surface area contributed by atoms with Gasteiger partial charge in [-0.25, -0.2) is 0 Å². The van der Waals surface area contributed by atoms with E-state index in [1.807, 2.05) is 0 Å². The molecular formula is C16H30AcNO10-. The Morgan fingerprint density at radius 1 is 0.821 bits per heavy atom. The largest absolute Gasteiger partial charge is 0.668 e. The molecule has 6 unspecified atom stereocenters. The molecule has 0 bridgehead atoms. The molecule has 2 aliphatic heterocycles. The van der Waals surface area contributed by atoms with Crippen LogP contribution in [-0.2, 0) is 18.9 Å². The van der Waals surface area contributed by atoms with Crippen LogP contribution in [-0.4, -0.2) is 111 Å². The quantitative estimate of drug-likeness (QED) is 0.191. The second kappa shape index (κ2) is 11.0. The Bertz CT molecular complexity index is 479. The molecule has 2 heterocycles. The molecule has 11 nitrogen and oxygen atoms in total. The van der Waals surface area contributed by atoms with E-state index in [0.29, 0.717) is 0 Å². The first kappa shape index (κ1) is 27.0. The van der Waals surface area contributed by atoms with Crippen molar-refractivity contribution in [1.29, 1.82) is 0 Å². The summed E-state index contributed by atoms with van der Waals surface area (Å²) in [5.41, 5.74) is 7.64.